The van der Waals surface area contributed by atoms with Gasteiger partial charge < -0.3 is 5.32 Å². The van der Waals surface area contributed by atoms with Crippen LogP contribution < -0.4 is 5.32 Å². The molecule has 11 heavy (non-hydrogen) atoms. The van der Waals surface area contributed by atoms with Crippen LogP contribution in [0.4, 0.5) is 4.53 Å². The summed E-state index contributed by atoms with van der Waals surface area (Å²) >= 11 is 0. The van der Waals surface area contributed by atoms with Crippen molar-refractivity contribution in [2.75, 3.05) is 13.6 Å². The lowest BCUT2D eigenvalue weighted by Gasteiger charge is -2.18. The van der Waals surface area contributed by atoms with Crippen LogP contribution in [0.5, 0.6) is 0 Å². The van der Waals surface area contributed by atoms with E-state index in [0.717, 1.165) is 0 Å². The summed E-state index contributed by atoms with van der Waals surface area (Å²) in [4.78, 5) is 13.9. The molecule has 0 fully saturated rings. The molecule has 0 radical (unpaired) electrons. The Morgan fingerprint density at radius 3 is 2.55 bits per heavy atom. The van der Waals surface area contributed by atoms with Gasteiger partial charge in [-0.15, -0.1) is 0 Å². The molecule has 0 atom stereocenters. The van der Waals surface area contributed by atoms with Gasteiger partial charge in [-0.05, 0) is 33.9 Å². The standard InChI is InChI=1S/C7H14FNO2/c1-7(2,4-5-9-3)6(10)11-8/h9H,4-5H2,1-3H3. The van der Waals surface area contributed by atoms with Crippen molar-refractivity contribution < 1.29 is 14.3 Å². The van der Waals surface area contributed by atoms with Crippen LogP contribution in [0.15, 0.2) is 0 Å². The van der Waals surface area contributed by atoms with E-state index in [4.69, 9.17) is 0 Å². The van der Waals surface area contributed by atoms with Crippen LogP contribution in [0.25, 0.3) is 0 Å². The lowest BCUT2D eigenvalue weighted by Crippen LogP contribution is -2.28. The molecule has 0 spiro atoms. The topological polar surface area (TPSA) is 38.3 Å². The molecule has 1 N–H and O–H groups in total. The average Bonchev–Trinajstić information content (AvgIpc) is 1.99. The van der Waals surface area contributed by atoms with Crippen LogP contribution in [-0.4, -0.2) is 19.6 Å². The molecule has 0 unspecified atom stereocenters. The minimum atomic E-state index is -0.812. The van der Waals surface area contributed by atoms with Crippen LogP contribution >= 0.6 is 0 Å². The molecular formula is C7H14FNO2. The fourth-order valence-corrected chi connectivity index (χ4v) is 0.644. The first-order chi connectivity index (χ1) is 5.04. The van der Waals surface area contributed by atoms with Crippen LogP contribution in [0, 0.1) is 5.41 Å². The summed E-state index contributed by atoms with van der Waals surface area (Å²) in [6.07, 6.45) is 0.562. The van der Waals surface area contributed by atoms with E-state index in [1.54, 1.807) is 20.9 Å². The summed E-state index contributed by atoms with van der Waals surface area (Å²) in [5.41, 5.74) is -0.738. The van der Waals surface area contributed by atoms with Gasteiger partial charge in [0.1, 0.15) is 0 Å². The number of halogens is 1. The van der Waals surface area contributed by atoms with E-state index >= 15 is 0 Å². The molecule has 4 heteroatoms. The molecule has 3 nitrogen and oxygen atoms in total. The second-order valence-corrected chi connectivity index (χ2v) is 3.10. The van der Waals surface area contributed by atoms with Crippen molar-refractivity contribution in [2.24, 2.45) is 5.41 Å². The summed E-state index contributed by atoms with van der Waals surface area (Å²) in [7, 11) is 1.77. The largest absolute Gasteiger partial charge is 0.354 e. The number of carbonyl (C=O) groups is 1. The summed E-state index contributed by atoms with van der Waals surface area (Å²) < 4.78 is 11.4. The Labute approximate surface area is 65.8 Å². The quantitative estimate of drug-likeness (QED) is 0.673. The molecule has 0 rings (SSSR count). The highest BCUT2D eigenvalue weighted by molar-refractivity contribution is 5.75. The van der Waals surface area contributed by atoms with Crippen molar-refractivity contribution in [1.29, 1.82) is 0 Å². The number of hydrogen-bond donors (Lipinski definition) is 1. The van der Waals surface area contributed by atoms with Gasteiger partial charge in [0.25, 0.3) is 0 Å². The number of rotatable bonds is 4. The Hall–Kier alpha value is -0.640. The second-order valence-electron chi connectivity index (χ2n) is 3.10. The molecule has 0 aromatic rings. The molecule has 0 bridgehead atoms. The van der Waals surface area contributed by atoms with Gasteiger partial charge in [0.2, 0.25) is 0 Å². The predicted molar refractivity (Wildman–Crippen MR) is 39.5 cm³/mol. The Morgan fingerprint density at radius 2 is 2.18 bits per heavy atom. The number of nitrogens with one attached hydrogen (secondary N) is 1. The van der Waals surface area contributed by atoms with Gasteiger partial charge in [0.05, 0.1) is 5.41 Å². The molecule has 0 saturated heterocycles. The van der Waals surface area contributed by atoms with Crippen LogP contribution in [-0.2, 0) is 9.74 Å². The molecule has 0 aliphatic rings. The first kappa shape index (κ1) is 10.4. The second kappa shape index (κ2) is 4.28. The smallest absolute Gasteiger partial charge is 0.320 e. The van der Waals surface area contributed by atoms with Crippen molar-refractivity contribution in [3.63, 3.8) is 0 Å². The zero-order valence-electron chi connectivity index (χ0n) is 7.11. The van der Waals surface area contributed by atoms with Gasteiger partial charge in [-0.3, -0.25) is 4.94 Å². The molecule has 0 aliphatic heterocycles. The molecule has 0 heterocycles. The van der Waals surface area contributed by atoms with Crippen LogP contribution in [0.1, 0.15) is 20.3 Å². The van der Waals surface area contributed by atoms with E-state index in [-0.39, 0.29) is 0 Å². The summed E-state index contributed by atoms with van der Waals surface area (Å²) in [5.74, 6) is -0.812. The maximum Gasteiger partial charge on any atom is 0.354 e. The average molecular weight is 163 g/mol. The third-order valence-corrected chi connectivity index (χ3v) is 1.62. The van der Waals surface area contributed by atoms with Gasteiger partial charge in [0, 0.05) is 4.53 Å². The first-order valence-electron chi connectivity index (χ1n) is 3.52. The molecule has 0 amide bonds. The Kier molecular flexibility index (Phi) is 4.03. The first-order valence-corrected chi connectivity index (χ1v) is 3.52. The summed E-state index contributed by atoms with van der Waals surface area (Å²) in [6, 6.07) is 0. The van der Waals surface area contributed by atoms with Crippen molar-refractivity contribution in [3.8, 4) is 0 Å². The highest BCUT2D eigenvalue weighted by atomic mass is 19.3. The fraction of sp³-hybridized carbons (Fsp3) is 0.857. The van der Waals surface area contributed by atoms with Gasteiger partial charge in [-0.25, -0.2) is 4.79 Å². The van der Waals surface area contributed by atoms with Crippen molar-refractivity contribution >= 4 is 5.97 Å². The SMILES string of the molecule is CNCCC(C)(C)C(=O)OF. The molecule has 66 valence electrons. The Balaban J connectivity index is 3.88. The normalized spacial score (nSPS) is 11.3. The molecule has 0 saturated carbocycles. The Morgan fingerprint density at radius 1 is 1.64 bits per heavy atom. The van der Waals surface area contributed by atoms with E-state index in [1.165, 1.54) is 0 Å². The van der Waals surface area contributed by atoms with E-state index in [1.807, 2.05) is 0 Å². The van der Waals surface area contributed by atoms with E-state index in [0.29, 0.717) is 13.0 Å². The molecule has 0 aromatic carbocycles. The third-order valence-electron chi connectivity index (χ3n) is 1.62. The highest BCUT2D eigenvalue weighted by Crippen LogP contribution is 2.21. The monoisotopic (exact) mass is 163 g/mol. The number of carbonyl (C=O) groups excluding carboxylic acids is 1. The minimum Gasteiger partial charge on any atom is -0.320 e. The van der Waals surface area contributed by atoms with Gasteiger partial charge in [-0.2, -0.15) is 0 Å². The lowest BCUT2D eigenvalue weighted by molar-refractivity contribution is -0.195. The van der Waals surface area contributed by atoms with E-state index in [9.17, 15) is 9.32 Å². The van der Waals surface area contributed by atoms with E-state index in [2.05, 4.69) is 10.3 Å². The Bertz CT molecular complexity index is 136. The molecule has 0 aliphatic carbocycles. The van der Waals surface area contributed by atoms with Gasteiger partial charge >= 0.3 is 5.97 Å². The number of hydrogen-bond acceptors (Lipinski definition) is 3. The highest BCUT2D eigenvalue weighted by Gasteiger charge is 2.29. The van der Waals surface area contributed by atoms with Crippen molar-refractivity contribution in [2.45, 2.75) is 20.3 Å². The lowest BCUT2D eigenvalue weighted by atomic mass is 9.90. The fourth-order valence-electron chi connectivity index (χ4n) is 0.644. The molecular weight excluding hydrogens is 149 g/mol. The maximum atomic E-state index is 11.4. The third kappa shape index (κ3) is 3.32. The minimum absolute atomic E-state index is 0.562. The van der Waals surface area contributed by atoms with Crippen molar-refractivity contribution in [3.05, 3.63) is 0 Å². The maximum absolute atomic E-state index is 11.4. The summed E-state index contributed by atoms with van der Waals surface area (Å²) in [6.45, 7) is 3.96. The predicted octanol–water partition coefficient (Wildman–Crippen LogP) is 1.05. The molecule has 0 aromatic heterocycles. The summed E-state index contributed by atoms with van der Waals surface area (Å²) in [5, 5.41) is 2.87. The zero-order valence-corrected chi connectivity index (χ0v) is 7.11. The van der Waals surface area contributed by atoms with Crippen LogP contribution in [0.3, 0.4) is 0 Å². The van der Waals surface area contributed by atoms with E-state index < -0.39 is 11.4 Å². The van der Waals surface area contributed by atoms with Gasteiger partial charge in [0.15, 0.2) is 0 Å². The van der Waals surface area contributed by atoms with Gasteiger partial charge in [-0.1, -0.05) is 0 Å². The van der Waals surface area contributed by atoms with Crippen molar-refractivity contribution in [1.82, 2.24) is 5.32 Å². The van der Waals surface area contributed by atoms with Crippen LogP contribution in [0.2, 0.25) is 0 Å². The zero-order chi connectivity index (χ0) is 8.91.